The molecule has 1 heterocycles. The van der Waals surface area contributed by atoms with Gasteiger partial charge in [0.2, 0.25) is 0 Å². The van der Waals surface area contributed by atoms with Crippen LogP contribution in [0.15, 0.2) is 30.6 Å². The zero-order valence-corrected chi connectivity index (χ0v) is 15.0. The first-order valence-electron chi connectivity index (χ1n) is 8.63. The van der Waals surface area contributed by atoms with Crippen molar-refractivity contribution in [2.45, 2.75) is 40.5 Å². The SMILES string of the molecule is CCc1cccc(CC)c1Nc1cnc(C(=O)N(CC)CC)cn1. The number of hydrogen-bond acceptors (Lipinski definition) is 4. The largest absolute Gasteiger partial charge is 0.338 e. The number of nitrogens with one attached hydrogen (secondary N) is 1. The summed E-state index contributed by atoms with van der Waals surface area (Å²) in [5.74, 6) is 0.573. The number of rotatable bonds is 7. The van der Waals surface area contributed by atoms with Crippen LogP contribution in [-0.2, 0) is 12.8 Å². The summed E-state index contributed by atoms with van der Waals surface area (Å²) in [5.41, 5.74) is 3.97. The maximum atomic E-state index is 12.3. The van der Waals surface area contributed by atoms with Crippen molar-refractivity contribution in [3.05, 3.63) is 47.4 Å². The molecule has 0 bridgehead atoms. The van der Waals surface area contributed by atoms with E-state index in [0.29, 0.717) is 24.6 Å². The van der Waals surface area contributed by atoms with Crippen LogP contribution in [0.5, 0.6) is 0 Å². The molecule has 0 aliphatic heterocycles. The lowest BCUT2D eigenvalue weighted by Gasteiger charge is -2.18. The number of hydrogen-bond donors (Lipinski definition) is 1. The standard InChI is InChI=1S/C19H26N4O/c1-5-14-10-9-11-15(6-2)18(14)22-17-13-20-16(12-21-17)19(24)23(7-3)8-4/h9-13H,5-8H2,1-4H3,(H,21,22). The molecule has 1 aromatic carbocycles. The van der Waals surface area contributed by atoms with Gasteiger partial charge >= 0.3 is 0 Å². The summed E-state index contributed by atoms with van der Waals surface area (Å²) in [6.45, 7) is 9.52. The van der Waals surface area contributed by atoms with Gasteiger partial charge in [-0.3, -0.25) is 4.79 Å². The molecule has 1 amide bonds. The van der Waals surface area contributed by atoms with E-state index < -0.39 is 0 Å². The third-order valence-corrected chi connectivity index (χ3v) is 4.17. The summed E-state index contributed by atoms with van der Waals surface area (Å²) >= 11 is 0. The van der Waals surface area contributed by atoms with E-state index in [9.17, 15) is 4.79 Å². The molecule has 0 aliphatic rings. The van der Waals surface area contributed by atoms with Crippen LogP contribution in [0.3, 0.4) is 0 Å². The molecule has 2 aromatic rings. The molecular weight excluding hydrogens is 300 g/mol. The third-order valence-electron chi connectivity index (χ3n) is 4.17. The minimum atomic E-state index is -0.0812. The molecule has 0 saturated heterocycles. The van der Waals surface area contributed by atoms with E-state index in [4.69, 9.17) is 0 Å². The van der Waals surface area contributed by atoms with E-state index in [0.717, 1.165) is 18.5 Å². The van der Waals surface area contributed by atoms with Crippen molar-refractivity contribution in [3.8, 4) is 0 Å². The summed E-state index contributed by atoms with van der Waals surface area (Å²) in [7, 11) is 0. The first-order chi connectivity index (χ1) is 11.6. The van der Waals surface area contributed by atoms with Gasteiger partial charge in [0.15, 0.2) is 0 Å². The average Bonchev–Trinajstić information content (AvgIpc) is 2.63. The fourth-order valence-electron chi connectivity index (χ4n) is 2.71. The third kappa shape index (κ3) is 3.91. The number of nitrogens with zero attached hydrogens (tertiary/aromatic N) is 3. The molecule has 128 valence electrons. The number of benzene rings is 1. The summed E-state index contributed by atoms with van der Waals surface area (Å²) in [6, 6.07) is 6.32. The topological polar surface area (TPSA) is 58.1 Å². The van der Waals surface area contributed by atoms with Gasteiger partial charge in [0.25, 0.3) is 5.91 Å². The van der Waals surface area contributed by atoms with Crippen molar-refractivity contribution in [1.29, 1.82) is 0 Å². The second-order valence-corrected chi connectivity index (χ2v) is 5.55. The lowest BCUT2D eigenvalue weighted by atomic mass is 10.0. The predicted molar refractivity (Wildman–Crippen MR) is 97.8 cm³/mol. The lowest BCUT2D eigenvalue weighted by Crippen LogP contribution is -2.31. The second kappa shape index (κ2) is 8.43. The minimum Gasteiger partial charge on any atom is -0.338 e. The molecule has 5 nitrogen and oxygen atoms in total. The number of aromatic nitrogens is 2. The number of amides is 1. The van der Waals surface area contributed by atoms with Gasteiger partial charge in [-0.15, -0.1) is 0 Å². The summed E-state index contributed by atoms with van der Waals surface area (Å²) in [4.78, 5) is 22.7. The lowest BCUT2D eigenvalue weighted by molar-refractivity contribution is 0.0766. The van der Waals surface area contributed by atoms with E-state index in [2.05, 4.69) is 47.3 Å². The van der Waals surface area contributed by atoms with E-state index in [-0.39, 0.29) is 5.91 Å². The van der Waals surface area contributed by atoms with Gasteiger partial charge in [-0.25, -0.2) is 9.97 Å². The van der Waals surface area contributed by atoms with Gasteiger partial charge < -0.3 is 10.2 Å². The number of aryl methyl sites for hydroxylation is 2. The van der Waals surface area contributed by atoms with Gasteiger partial charge in [0.1, 0.15) is 11.5 Å². The van der Waals surface area contributed by atoms with Crippen molar-refractivity contribution in [2.24, 2.45) is 0 Å². The van der Waals surface area contributed by atoms with Crippen LogP contribution < -0.4 is 5.32 Å². The van der Waals surface area contributed by atoms with Gasteiger partial charge in [-0.2, -0.15) is 0 Å². The first-order valence-corrected chi connectivity index (χ1v) is 8.63. The Bertz CT molecular complexity index is 656. The molecule has 0 atom stereocenters. The minimum absolute atomic E-state index is 0.0812. The molecule has 0 saturated carbocycles. The highest BCUT2D eigenvalue weighted by Gasteiger charge is 2.14. The fraction of sp³-hybridized carbons (Fsp3) is 0.421. The zero-order valence-electron chi connectivity index (χ0n) is 15.0. The smallest absolute Gasteiger partial charge is 0.274 e. The molecule has 1 aromatic heterocycles. The Balaban J connectivity index is 2.23. The molecule has 0 spiro atoms. The van der Waals surface area contributed by atoms with E-state index in [1.807, 2.05) is 13.8 Å². The fourth-order valence-corrected chi connectivity index (χ4v) is 2.71. The quantitative estimate of drug-likeness (QED) is 0.840. The van der Waals surface area contributed by atoms with Crippen molar-refractivity contribution in [1.82, 2.24) is 14.9 Å². The number of carbonyl (C=O) groups is 1. The van der Waals surface area contributed by atoms with Crippen LogP contribution in [0.2, 0.25) is 0 Å². The maximum Gasteiger partial charge on any atom is 0.274 e. The van der Waals surface area contributed by atoms with Crippen LogP contribution in [0.25, 0.3) is 0 Å². The normalized spacial score (nSPS) is 10.5. The van der Waals surface area contributed by atoms with E-state index in [1.165, 1.54) is 11.1 Å². The number of para-hydroxylation sites is 1. The van der Waals surface area contributed by atoms with Crippen molar-refractivity contribution >= 4 is 17.4 Å². The average molecular weight is 326 g/mol. The highest BCUT2D eigenvalue weighted by atomic mass is 16.2. The molecule has 0 fully saturated rings. The summed E-state index contributed by atoms with van der Waals surface area (Å²) in [6.07, 6.45) is 5.07. The van der Waals surface area contributed by atoms with Crippen molar-refractivity contribution < 1.29 is 4.79 Å². The van der Waals surface area contributed by atoms with Crippen LogP contribution >= 0.6 is 0 Å². The van der Waals surface area contributed by atoms with Crippen molar-refractivity contribution in [3.63, 3.8) is 0 Å². The van der Waals surface area contributed by atoms with Gasteiger partial charge in [0, 0.05) is 18.8 Å². The van der Waals surface area contributed by atoms with E-state index >= 15 is 0 Å². The highest BCUT2D eigenvalue weighted by Crippen LogP contribution is 2.25. The molecule has 0 unspecified atom stereocenters. The summed E-state index contributed by atoms with van der Waals surface area (Å²) < 4.78 is 0. The van der Waals surface area contributed by atoms with Crippen molar-refractivity contribution in [2.75, 3.05) is 18.4 Å². The monoisotopic (exact) mass is 326 g/mol. The zero-order chi connectivity index (χ0) is 17.5. The Morgan fingerprint density at radius 1 is 1.00 bits per heavy atom. The van der Waals surface area contributed by atoms with Gasteiger partial charge in [-0.1, -0.05) is 32.0 Å². The predicted octanol–water partition coefficient (Wildman–Crippen LogP) is 3.83. The molecular formula is C19H26N4O. The Labute approximate surface area is 144 Å². The maximum absolute atomic E-state index is 12.3. The highest BCUT2D eigenvalue weighted by molar-refractivity contribution is 5.92. The molecule has 24 heavy (non-hydrogen) atoms. The van der Waals surface area contributed by atoms with Crippen LogP contribution in [0, 0.1) is 0 Å². The van der Waals surface area contributed by atoms with Crippen LogP contribution in [0.4, 0.5) is 11.5 Å². The Morgan fingerprint density at radius 3 is 2.08 bits per heavy atom. The molecule has 1 N–H and O–H groups in total. The van der Waals surface area contributed by atoms with Gasteiger partial charge in [0.05, 0.1) is 12.4 Å². The molecule has 2 rings (SSSR count). The molecule has 5 heteroatoms. The number of carbonyl (C=O) groups excluding carboxylic acids is 1. The van der Waals surface area contributed by atoms with E-state index in [1.54, 1.807) is 17.3 Å². The number of anilines is 2. The Morgan fingerprint density at radius 2 is 1.62 bits per heavy atom. The first kappa shape index (κ1) is 17.9. The molecule has 0 radical (unpaired) electrons. The Kier molecular flexibility index (Phi) is 6.29. The second-order valence-electron chi connectivity index (χ2n) is 5.55. The van der Waals surface area contributed by atoms with Crippen LogP contribution in [-0.4, -0.2) is 33.9 Å². The molecule has 0 aliphatic carbocycles. The Hall–Kier alpha value is -2.43. The van der Waals surface area contributed by atoms with Gasteiger partial charge in [-0.05, 0) is 37.8 Å². The summed E-state index contributed by atoms with van der Waals surface area (Å²) in [5, 5.41) is 3.37. The van der Waals surface area contributed by atoms with Crippen LogP contribution in [0.1, 0.15) is 49.3 Å².